The number of carbonyl (C=O) groups excluding carboxylic acids is 1. The van der Waals surface area contributed by atoms with Crippen molar-refractivity contribution < 1.29 is 9.53 Å². The molecule has 0 aliphatic carbocycles. The zero-order valence-electron chi connectivity index (χ0n) is 11.1. The first-order chi connectivity index (χ1) is 9.13. The summed E-state index contributed by atoms with van der Waals surface area (Å²) in [5, 5.41) is 7.52. The monoisotopic (exact) mass is 259 g/mol. The first-order valence-corrected chi connectivity index (χ1v) is 6.55. The van der Waals surface area contributed by atoms with Crippen LogP contribution in [0.1, 0.15) is 25.8 Å². The molecule has 0 aromatic heterocycles. The highest BCUT2D eigenvalue weighted by atomic mass is 16.5. The maximum Gasteiger partial charge on any atom is 0.240 e. The Morgan fingerprint density at radius 2 is 2.21 bits per heavy atom. The van der Waals surface area contributed by atoms with Gasteiger partial charge in [0.05, 0.1) is 17.9 Å². The van der Waals surface area contributed by atoms with E-state index in [1.54, 1.807) is 0 Å². The lowest BCUT2D eigenvalue weighted by Gasteiger charge is -2.26. The van der Waals surface area contributed by atoms with Crippen molar-refractivity contribution in [1.29, 1.82) is 0 Å². The molecule has 0 spiro atoms. The molecule has 0 bridgehead atoms. The van der Waals surface area contributed by atoms with Crippen molar-refractivity contribution in [3.05, 3.63) is 23.8 Å². The molecule has 5 nitrogen and oxygen atoms in total. The van der Waals surface area contributed by atoms with Crippen LogP contribution in [0.5, 0.6) is 5.75 Å². The standard InChI is InChI=1S/C14H17N3O2/c1-8-5-13(18)16-17-14(8)10-3-4-12-11(6-10)15-7-9(2)19-12/h3-4,6,8-9,15H,5,7H2,1-2H3,(H,16,18). The Hall–Kier alpha value is -2.04. The molecule has 3 rings (SSSR count). The summed E-state index contributed by atoms with van der Waals surface area (Å²) in [7, 11) is 0. The van der Waals surface area contributed by atoms with Crippen LogP contribution in [-0.2, 0) is 4.79 Å². The first kappa shape index (κ1) is 12.0. The topological polar surface area (TPSA) is 62.7 Å². The number of carbonyl (C=O) groups is 1. The Balaban J connectivity index is 1.92. The van der Waals surface area contributed by atoms with Gasteiger partial charge in [0.15, 0.2) is 0 Å². The summed E-state index contributed by atoms with van der Waals surface area (Å²) in [5.74, 6) is 0.982. The largest absolute Gasteiger partial charge is 0.487 e. The van der Waals surface area contributed by atoms with E-state index in [9.17, 15) is 4.79 Å². The highest BCUT2D eigenvalue weighted by Crippen LogP contribution is 2.31. The third kappa shape index (κ3) is 2.28. The predicted octanol–water partition coefficient (Wildman–Crippen LogP) is 1.74. The van der Waals surface area contributed by atoms with Crippen LogP contribution in [0.25, 0.3) is 0 Å². The Labute approximate surface area is 112 Å². The molecule has 2 atom stereocenters. The third-order valence-corrected chi connectivity index (χ3v) is 3.44. The quantitative estimate of drug-likeness (QED) is 0.807. The normalized spacial score (nSPS) is 25.6. The van der Waals surface area contributed by atoms with E-state index in [0.717, 1.165) is 29.3 Å². The van der Waals surface area contributed by atoms with Crippen molar-refractivity contribution in [3.63, 3.8) is 0 Å². The van der Waals surface area contributed by atoms with Crippen LogP contribution in [0.4, 0.5) is 5.69 Å². The number of hydrazone groups is 1. The molecule has 0 fully saturated rings. The summed E-state index contributed by atoms with van der Waals surface area (Å²) in [6.07, 6.45) is 0.667. The minimum Gasteiger partial charge on any atom is -0.487 e. The van der Waals surface area contributed by atoms with Crippen LogP contribution in [0.3, 0.4) is 0 Å². The van der Waals surface area contributed by atoms with Gasteiger partial charge in [0.1, 0.15) is 11.9 Å². The van der Waals surface area contributed by atoms with Gasteiger partial charge in [-0.25, -0.2) is 5.43 Å². The molecule has 2 heterocycles. The van der Waals surface area contributed by atoms with E-state index < -0.39 is 0 Å². The van der Waals surface area contributed by atoms with Gasteiger partial charge in [0.2, 0.25) is 5.91 Å². The van der Waals surface area contributed by atoms with Gasteiger partial charge in [0, 0.05) is 17.9 Å². The van der Waals surface area contributed by atoms with Crippen molar-refractivity contribution in [1.82, 2.24) is 5.43 Å². The fourth-order valence-corrected chi connectivity index (χ4v) is 2.44. The molecule has 1 aromatic rings. The number of rotatable bonds is 1. The van der Waals surface area contributed by atoms with Crippen molar-refractivity contribution in [2.75, 3.05) is 11.9 Å². The van der Waals surface area contributed by atoms with E-state index >= 15 is 0 Å². The molecule has 1 amide bonds. The predicted molar refractivity (Wildman–Crippen MR) is 73.5 cm³/mol. The zero-order valence-corrected chi connectivity index (χ0v) is 11.1. The summed E-state index contributed by atoms with van der Waals surface area (Å²) in [6.45, 7) is 4.85. The van der Waals surface area contributed by atoms with E-state index in [0.29, 0.717) is 6.42 Å². The zero-order chi connectivity index (χ0) is 13.4. The minimum absolute atomic E-state index is 0.0236. The average molecular weight is 259 g/mol. The Morgan fingerprint density at radius 1 is 1.37 bits per heavy atom. The van der Waals surface area contributed by atoms with Crippen molar-refractivity contribution >= 4 is 17.3 Å². The highest BCUT2D eigenvalue weighted by molar-refractivity contribution is 6.06. The number of hydrogen-bond acceptors (Lipinski definition) is 4. The summed E-state index contributed by atoms with van der Waals surface area (Å²) >= 11 is 0. The summed E-state index contributed by atoms with van der Waals surface area (Å²) in [5.41, 5.74) is 5.48. The van der Waals surface area contributed by atoms with Gasteiger partial charge in [0.25, 0.3) is 0 Å². The number of anilines is 1. The van der Waals surface area contributed by atoms with E-state index in [2.05, 4.69) is 15.8 Å². The number of ether oxygens (including phenoxy) is 1. The van der Waals surface area contributed by atoms with E-state index in [4.69, 9.17) is 4.74 Å². The van der Waals surface area contributed by atoms with Crippen LogP contribution in [0, 0.1) is 5.92 Å². The van der Waals surface area contributed by atoms with Crippen LogP contribution in [0.2, 0.25) is 0 Å². The van der Waals surface area contributed by atoms with Crippen LogP contribution in [0.15, 0.2) is 23.3 Å². The molecule has 0 saturated carbocycles. The number of amides is 1. The van der Waals surface area contributed by atoms with E-state index in [1.165, 1.54) is 0 Å². The van der Waals surface area contributed by atoms with Crippen molar-refractivity contribution in [2.45, 2.75) is 26.4 Å². The maximum absolute atomic E-state index is 11.3. The van der Waals surface area contributed by atoms with Gasteiger partial charge in [-0.15, -0.1) is 0 Å². The molecule has 2 aliphatic heterocycles. The summed E-state index contributed by atoms with van der Waals surface area (Å²) in [6, 6.07) is 5.98. The maximum atomic E-state index is 11.3. The van der Waals surface area contributed by atoms with Crippen molar-refractivity contribution in [2.24, 2.45) is 11.0 Å². The number of nitrogens with zero attached hydrogens (tertiary/aromatic N) is 1. The molecule has 100 valence electrons. The van der Waals surface area contributed by atoms with Gasteiger partial charge in [-0.05, 0) is 25.1 Å². The molecule has 19 heavy (non-hydrogen) atoms. The molecular weight excluding hydrogens is 242 g/mol. The second-order valence-corrected chi connectivity index (χ2v) is 5.16. The Bertz CT molecular complexity index is 554. The fraction of sp³-hybridized carbons (Fsp3) is 0.429. The lowest BCUT2D eigenvalue weighted by Crippen LogP contribution is -2.32. The molecule has 2 unspecified atom stereocenters. The van der Waals surface area contributed by atoms with Crippen molar-refractivity contribution in [3.8, 4) is 5.75 Å². The van der Waals surface area contributed by atoms with Gasteiger partial charge in [-0.2, -0.15) is 5.10 Å². The number of hydrogen-bond donors (Lipinski definition) is 2. The van der Waals surface area contributed by atoms with Gasteiger partial charge in [-0.3, -0.25) is 4.79 Å². The number of nitrogens with one attached hydrogen (secondary N) is 2. The molecule has 0 radical (unpaired) electrons. The lowest BCUT2D eigenvalue weighted by atomic mass is 9.93. The molecule has 0 saturated heterocycles. The van der Waals surface area contributed by atoms with E-state index in [1.807, 2.05) is 32.0 Å². The second kappa shape index (κ2) is 4.57. The van der Waals surface area contributed by atoms with Crippen LogP contribution < -0.4 is 15.5 Å². The molecule has 2 aliphatic rings. The smallest absolute Gasteiger partial charge is 0.240 e. The van der Waals surface area contributed by atoms with E-state index in [-0.39, 0.29) is 17.9 Å². The highest BCUT2D eigenvalue weighted by Gasteiger charge is 2.23. The third-order valence-electron chi connectivity index (χ3n) is 3.44. The molecule has 2 N–H and O–H groups in total. The number of benzene rings is 1. The fourth-order valence-electron chi connectivity index (χ4n) is 2.44. The van der Waals surface area contributed by atoms with Crippen LogP contribution >= 0.6 is 0 Å². The number of fused-ring (bicyclic) bond motifs is 1. The Kier molecular flexibility index (Phi) is 2.89. The average Bonchev–Trinajstić information content (AvgIpc) is 2.38. The molecule has 5 heteroatoms. The summed E-state index contributed by atoms with van der Waals surface area (Å²) in [4.78, 5) is 11.3. The lowest BCUT2D eigenvalue weighted by molar-refractivity contribution is -0.121. The summed E-state index contributed by atoms with van der Waals surface area (Å²) < 4.78 is 5.75. The van der Waals surface area contributed by atoms with Gasteiger partial charge >= 0.3 is 0 Å². The second-order valence-electron chi connectivity index (χ2n) is 5.16. The first-order valence-electron chi connectivity index (χ1n) is 6.55. The van der Waals surface area contributed by atoms with Crippen LogP contribution in [-0.4, -0.2) is 24.3 Å². The molecule has 1 aromatic carbocycles. The van der Waals surface area contributed by atoms with Gasteiger partial charge < -0.3 is 10.1 Å². The van der Waals surface area contributed by atoms with Gasteiger partial charge in [-0.1, -0.05) is 6.92 Å². The Morgan fingerprint density at radius 3 is 3.00 bits per heavy atom. The minimum atomic E-state index is -0.0236. The SMILES string of the molecule is CC1CNc2cc(C3=NNC(=O)CC3C)ccc2O1. The molecular formula is C14H17N3O2.